The molecule has 72 valence electrons. The second-order valence-corrected chi connectivity index (χ2v) is 2.61. The van der Waals surface area contributed by atoms with E-state index in [4.69, 9.17) is 9.84 Å². The highest BCUT2D eigenvalue weighted by atomic mass is 16.5. The van der Waals surface area contributed by atoms with Crippen LogP contribution in [0.15, 0.2) is 0 Å². The minimum atomic E-state index is -0.434. The molecule has 0 aromatic rings. The minimum absolute atomic E-state index is 0.0793. The molecule has 0 bridgehead atoms. The number of carbonyl (C=O) groups is 1. The van der Waals surface area contributed by atoms with Crippen molar-refractivity contribution in [2.45, 2.75) is 25.9 Å². The summed E-state index contributed by atoms with van der Waals surface area (Å²) in [5, 5.41) is 11.7. The fourth-order valence-corrected chi connectivity index (χ4v) is 0.659. The molecule has 1 atom stereocenters. The molecule has 2 N–H and O–H groups in total. The van der Waals surface area contributed by atoms with Gasteiger partial charge in [-0.15, -0.1) is 0 Å². The van der Waals surface area contributed by atoms with Crippen molar-refractivity contribution in [1.29, 1.82) is 0 Å². The Bertz CT molecular complexity index is 127. The number of hydrogen-bond acceptors (Lipinski definition) is 3. The van der Waals surface area contributed by atoms with Gasteiger partial charge >= 0.3 is 0 Å². The summed E-state index contributed by atoms with van der Waals surface area (Å²) >= 11 is 0. The Hall–Kier alpha value is -0.610. The normalized spacial score (nSPS) is 12.6. The Morgan fingerprint density at radius 1 is 1.67 bits per heavy atom. The highest BCUT2D eigenvalue weighted by molar-refractivity contribution is 5.75. The van der Waals surface area contributed by atoms with Gasteiger partial charge in [0, 0.05) is 20.1 Å². The maximum absolute atomic E-state index is 10.9. The molecule has 0 rings (SSSR count). The van der Waals surface area contributed by atoms with Crippen molar-refractivity contribution < 1.29 is 14.6 Å². The van der Waals surface area contributed by atoms with Gasteiger partial charge in [-0.3, -0.25) is 4.79 Å². The average Bonchev–Trinajstić information content (AvgIpc) is 2.10. The number of aliphatic hydroxyl groups is 1. The van der Waals surface area contributed by atoms with Crippen LogP contribution >= 0.6 is 0 Å². The van der Waals surface area contributed by atoms with Gasteiger partial charge in [-0.1, -0.05) is 6.92 Å². The Labute approximate surface area is 72.9 Å². The van der Waals surface area contributed by atoms with Crippen molar-refractivity contribution in [2.24, 2.45) is 0 Å². The zero-order valence-electron chi connectivity index (χ0n) is 7.67. The summed E-state index contributed by atoms with van der Waals surface area (Å²) in [4.78, 5) is 10.9. The number of ether oxygens (including phenoxy) is 1. The van der Waals surface area contributed by atoms with Crippen LogP contribution in [0.5, 0.6) is 0 Å². The van der Waals surface area contributed by atoms with Crippen LogP contribution in [0.2, 0.25) is 0 Å². The summed E-state index contributed by atoms with van der Waals surface area (Å²) < 4.78 is 4.72. The van der Waals surface area contributed by atoms with Crippen LogP contribution in [0, 0.1) is 0 Å². The standard InChI is InChI=1S/C8H17NO3/c1-3-7(10)6-9-8(11)4-5-12-2/h7,10H,3-6H2,1-2H3,(H,9,11). The van der Waals surface area contributed by atoms with E-state index in [1.54, 1.807) is 7.11 Å². The molecule has 4 nitrogen and oxygen atoms in total. The Morgan fingerprint density at radius 2 is 2.33 bits per heavy atom. The second-order valence-electron chi connectivity index (χ2n) is 2.61. The van der Waals surface area contributed by atoms with Crippen LogP contribution in [0.3, 0.4) is 0 Å². The number of rotatable bonds is 6. The molecule has 12 heavy (non-hydrogen) atoms. The second kappa shape index (κ2) is 7.06. The van der Waals surface area contributed by atoms with Crippen molar-refractivity contribution in [2.75, 3.05) is 20.3 Å². The van der Waals surface area contributed by atoms with Gasteiger partial charge in [0.15, 0.2) is 0 Å². The third-order valence-electron chi connectivity index (χ3n) is 1.54. The summed E-state index contributed by atoms with van der Waals surface area (Å²) in [5.74, 6) is -0.0793. The number of carbonyl (C=O) groups excluding carboxylic acids is 1. The number of hydrogen-bond donors (Lipinski definition) is 2. The summed E-state index contributed by atoms with van der Waals surface area (Å²) in [7, 11) is 1.55. The predicted molar refractivity (Wildman–Crippen MR) is 45.8 cm³/mol. The maximum Gasteiger partial charge on any atom is 0.222 e. The molecular weight excluding hydrogens is 158 g/mol. The zero-order valence-corrected chi connectivity index (χ0v) is 7.67. The van der Waals surface area contributed by atoms with E-state index >= 15 is 0 Å². The quantitative estimate of drug-likeness (QED) is 0.593. The molecule has 1 amide bonds. The van der Waals surface area contributed by atoms with Crippen LogP contribution in [-0.2, 0) is 9.53 Å². The first-order valence-electron chi connectivity index (χ1n) is 4.14. The number of methoxy groups -OCH3 is 1. The van der Waals surface area contributed by atoms with Crippen LogP contribution in [0.1, 0.15) is 19.8 Å². The molecule has 0 aromatic carbocycles. The Kier molecular flexibility index (Phi) is 6.70. The van der Waals surface area contributed by atoms with E-state index in [0.29, 0.717) is 26.0 Å². The molecule has 1 unspecified atom stereocenters. The van der Waals surface area contributed by atoms with Gasteiger partial charge < -0.3 is 15.2 Å². The van der Waals surface area contributed by atoms with Gasteiger partial charge in [0.25, 0.3) is 0 Å². The highest BCUT2D eigenvalue weighted by Crippen LogP contribution is 1.87. The van der Waals surface area contributed by atoms with Crippen molar-refractivity contribution in [1.82, 2.24) is 5.32 Å². The van der Waals surface area contributed by atoms with Gasteiger partial charge in [0.2, 0.25) is 5.91 Å². The summed E-state index contributed by atoms with van der Waals surface area (Å²) in [5.41, 5.74) is 0. The first-order valence-corrected chi connectivity index (χ1v) is 4.14. The lowest BCUT2D eigenvalue weighted by atomic mass is 10.3. The molecule has 0 spiro atoms. The number of amides is 1. The highest BCUT2D eigenvalue weighted by Gasteiger charge is 2.03. The zero-order chi connectivity index (χ0) is 9.40. The van der Waals surface area contributed by atoms with Crippen LogP contribution < -0.4 is 5.32 Å². The van der Waals surface area contributed by atoms with Gasteiger partial charge in [0.05, 0.1) is 12.7 Å². The monoisotopic (exact) mass is 175 g/mol. The number of nitrogens with one attached hydrogen (secondary N) is 1. The van der Waals surface area contributed by atoms with Crippen LogP contribution in [0.25, 0.3) is 0 Å². The molecule has 0 aliphatic rings. The molecular formula is C8H17NO3. The lowest BCUT2D eigenvalue weighted by Crippen LogP contribution is -2.32. The van der Waals surface area contributed by atoms with Gasteiger partial charge in [0.1, 0.15) is 0 Å². The Balaban J connectivity index is 3.31. The molecule has 0 aliphatic heterocycles. The lowest BCUT2D eigenvalue weighted by molar-refractivity contribution is -0.122. The van der Waals surface area contributed by atoms with E-state index in [9.17, 15) is 4.79 Å². The molecule has 4 heteroatoms. The molecule has 0 aromatic heterocycles. The molecule has 0 saturated carbocycles. The average molecular weight is 175 g/mol. The van der Waals surface area contributed by atoms with E-state index in [2.05, 4.69) is 5.32 Å². The topological polar surface area (TPSA) is 58.6 Å². The van der Waals surface area contributed by atoms with Crippen LogP contribution in [-0.4, -0.2) is 37.4 Å². The smallest absolute Gasteiger partial charge is 0.222 e. The van der Waals surface area contributed by atoms with Gasteiger partial charge in [-0.05, 0) is 6.42 Å². The molecule has 0 aliphatic carbocycles. The lowest BCUT2D eigenvalue weighted by Gasteiger charge is -2.08. The summed E-state index contributed by atoms with van der Waals surface area (Å²) in [6, 6.07) is 0. The molecule has 0 radical (unpaired) electrons. The third-order valence-corrected chi connectivity index (χ3v) is 1.54. The summed E-state index contributed by atoms with van der Waals surface area (Å²) in [6.45, 7) is 2.62. The number of aliphatic hydroxyl groups excluding tert-OH is 1. The van der Waals surface area contributed by atoms with E-state index in [1.807, 2.05) is 6.92 Å². The van der Waals surface area contributed by atoms with Gasteiger partial charge in [-0.25, -0.2) is 0 Å². The van der Waals surface area contributed by atoms with E-state index < -0.39 is 6.10 Å². The van der Waals surface area contributed by atoms with E-state index in [1.165, 1.54) is 0 Å². The molecule has 0 saturated heterocycles. The first-order chi connectivity index (χ1) is 5.70. The van der Waals surface area contributed by atoms with Crippen molar-refractivity contribution in [3.63, 3.8) is 0 Å². The Morgan fingerprint density at radius 3 is 2.83 bits per heavy atom. The van der Waals surface area contributed by atoms with Gasteiger partial charge in [-0.2, -0.15) is 0 Å². The fraction of sp³-hybridized carbons (Fsp3) is 0.875. The van der Waals surface area contributed by atoms with E-state index in [0.717, 1.165) is 0 Å². The maximum atomic E-state index is 10.9. The third kappa shape index (κ3) is 6.12. The summed E-state index contributed by atoms with van der Waals surface area (Å²) in [6.07, 6.45) is 0.578. The van der Waals surface area contributed by atoms with E-state index in [-0.39, 0.29) is 5.91 Å². The minimum Gasteiger partial charge on any atom is -0.391 e. The first kappa shape index (κ1) is 11.4. The van der Waals surface area contributed by atoms with Crippen molar-refractivity contribution in [3.8, 4) is 0 Å². The predicted octanol–water partition coefficient (Wildman–Crippen LogP) is -0.0900. The molecule has 0 fully saturated rings. The van der Waals surface area contributed by atoms with Crippen LogP contribution in [0.4, 0.5) is 0 Å². The molecule has 0 heterocycles. The fourth-order valence-electron chi connectivity index (χ4n) is 0.659. The SMILES string of the molecule is CCC(O)CNC(=O)CCOC. The van der Waals surface area contributed by atoms with Crippen molar-refractivity contribution >= 4 is 5.91 Å². The van der Waals surface area contributed by atoms with Crippen molar-refractivity contribution in [3.05, 3.63) is 0 Å². The largest absolute Gasteiger partial charge is 0.391 e.